The average Bonchev–Trinajstić information content (AvgIpc) is 2.31. The first-order valence-electron chi connectivity index (χ1n) is 5.26. The highest BCUT2D eigenvalue weighted by Gasteiger charge is 2.02. The maximum atomic E-state index is 8.92. The zero-order valence-corrected chi connectivity index (χ0v) is 10.3. The summed E-state index contributed by atoms with van der Waals surface area (Å²) >= 11 is 0. The van der Waals surface area contributed by atoms with Gasteiger partial charge in [-0.25, -0.2) is 0 Å². The van der Waals surface area contributed by atoms with Crippen LogP contribution in [0.3, 0.4) is 0 Å². The molecule has 0 N–H and O–H groups in total. The van der Waals surface area contributed by atoms with Crippen molar-refractivity contribution in [3.63, 3.8) is 0 Å². The van der Waals surface area contributed by atoms with Crippen molar-refractivity contribution in [1.29, 1.82) is 5.26 Å². The summed E-state index contributed by atoms with van der Waals surface area (Å²) in [5.41, 5.74) is 4.35. The Morgan fingerprint density at radius 2 is 1.94 bits per heavy atom. The molecule has 0 saturated carbocycles. The Bertz CT molecular complexity index is 475. The molecule has 3 nitrogen and oxygen atoms in total. The van der Waals surface area contributed by atoms with Crippen LogP contribution in [-0.4, -0.2) is 6.15 Å². The van der Waals surface area contributed by atoms with Crippen LogP contribution in [0.4, 0.5) is 0 Å². The van der Waals surface area contributed by atoms with Crippen LogP contribution in [0.5, 0.6) is 0 Å². The van der Waals surface area contributed by atoms with Crippen molar-refractivity contribution >= 4 is 11.7 Å². The van der Waals surface area contributed by atoms with Gasteiger partial charge in [0.15, 0.2) is 0 Å². The van der Waals surface area contributed by atoms with E-state index in [-0.39, 0.29) is 6.15 Å². The highest BCUT2D eigenvalue weighted by atomic mass is 16.2. The summed E-state index contributed by atoms with van der Waals surface area (Å²) in [6, 6.07) is 10.5. The molecule has 0 bridgehead atoms. The van der Waals surface area contributed by atoms with E-state index in [2.05, 4.69) is 31.2 Å². The number of hydrogen-bond donors (Lipinski definition) is 0. The van der Waals surface area contributed by atoms with E-state index in [4.69, 9.17) is 14.9 Å². The number of rotatable bonds is 2. The molecule has 1 aromatic rings. The predicted molar refractivity (Wildman–Crippen MR) is 64.7 cm³/mol. The number of carbonyl (C=O) groups excluding carboxylic acids is 2. The van der Waals surface area contributed by atoms with Gasteiger partial charge in [-0.15, -0.1) is 0 Å². The van der Waals surface area contributed by atoms with Gasteiger partial charge in [0.05, 0.1) is 6.07 Å². The van der Waals surface area contributed by atoms with E-state index < -0.39 is 0 Å². The smallest absolute Gasteiger partial charge is 0.193 e. The Balaban J connectivity index is 0.000000770. The topological polar surface area (TPSA) is 57.9 Å². The third kappa shape index (κ3) is 4.92. The summed E-state index contributed by atoms with van der Waals surface area (Å²) in [5.74, 6) is 0. The summed E-state index contributed by atoms with van der Waals surface area (Å²) in [7, 11) is 0. The Morgan fingerprint density at radius 3 is 2.35 bits per heavy atom. The third-order valence-electron chi connectivity index (χ3n) is 2.39. The van der Waals surface area contributed by atoms with Crippen LogP contribution in [0.1, 0.15) is 31.4 Å². The number of allylic oxidation sites excluding steroid dienone is 2. The summed E-state index contributed by atoms with van der Waals surface area (Å²) in [6.07, 6.45) is 1.05. The fraction of sp³-hybridized carbons (Fsp3) is 0.286. The first-order valence-corrected chi connectivity index (χ1v) is 5.26. The van der Waals surface area contributed by atoms with Gasteiger partial charge in [0.2, 0.25) is 0 Å². The molecule has 0 saturated heterocycles. The summed E-state index contributed by atoms with van der Waals surface area (Å²) in [6.45, 7) is 6.09. The molecule has 0 atom stereocenters. The second kappa shape index (κ2) is 8.04. The van der Waals surface area contributed by atoms with Crippen molar-refractivity contribution in [1.82, 2.24) is 0 Å². The fourth-order valence-corrected chi connectivity index (χ4v) is 1.48. The third-order valence-corrected chi connectivity index (χ3v) is 2.39. The molecule has 0 amide bonds. The van der Waals surface area contributed by atoms with E-state index in [1.54, 1.807) is 0 Å². The highest BCUT2D eigenvalue weighted by Crippen LogP contribution is 2.20. The van der Waals surface area contributed by atoms with Crippen molar-refractivity contribution in [3.05, 3.63) is 41.0 Å². The maximum Gasteiger partial charge on any atom is 0.373 e. The van der Waals surface area contributed by atoms with Crippen molar-refractivity contribution < 1.29 is 9.59 Å². The Hall–Kier alpha value is -2.17. The van der Waals surface area contributed by atoms with Crippen LogP contribution in [0.2, 0.25) is 0 Å². The molecule has 3 heteroatoms. The fourth-order valence-electron chi connectivity index (χ4n) is 1.48. The van der Waals surface area contributed by atoms with Crippen LogP contribution in [0, 0.1) is 18.3 Å². The number of nitrogens with zero attached hydrogens (tertiary/aromatic N) is 1. The van der Waals surface area contributed by atoms with Gasteiger partial charge in [0.1, 0.15) is 0 Å². The van der Waals surface area contributed by atoms with Crippen molar-refractivity contribution in [2.75, 3.05) is 0 Å². The molecule has 0 aliphatic rings. The average molecular weight is 229 g/mol. The molecular weight excluding hydrogens is 214 g/mol. The molecule has 0 fully saturated rings. The van der Waals surface area contributed by atoms with Gasteiger partial charge >= 0.3 is 6.15 Å². The lowest BCUT2D eigenvalue weighted by Crippen LogP contribution is -1.86. The lowest BCUT2D eigenvalue weighted by molar-refractivity contribution is -0.191. The molecule has 1 aromatic carbocycles. The van der Waals surface area contributed by atoms with Gasteiger partial charge in [-0.05, 0) is 31.4 Å². The summed E-state index contributed by atoms with van der Waals surface area (Å²) in [4.78, 5) is 16.2. The van der Waals surface area contributed by atoms with E-state index in [1.165, 1.54) is 5.56 Å². The minimum atomic E-state index is 0.250. The number of aryl methyl sites for hydroxylation is 1. The van der Waals surface area contributed by atoms with E-state index in [9.17, 15) is 0 Å². The van der Waals surface area contributed by atoms with E-state index >= 15 is 0 Å². The maximum absolute atomic E-state index is 8.92. The highest BCUT2D eigenvalue weighted by molar-refractivity contribution is 5.70. The molecule has 1 rings (SSSR count). The molecule has 17 heavy (non-hydrogen) atoms. The zero-order chi connectivity index (χ0) is 13.3. The molecule has 0 aromatic heterocycles. The van der Waals surface area contributed by atoms with E-state index in [0.29, 0.717) is 0 Å². The number of hydrogen-bond acceptors (Lipinski definition) is 3. The van der Waals surface area contributed by atoms with Crippen LogP contribution in [0.15, 0.2) is 29.8 Å². The Labute approximate surface area is 101 Å². The minimum absolute atomic E-state index is 0.250. The zero-order valence-electron chi connectivity index (χ0n) is 10.3. The van der Waals surface area contributed by atoms with Crippen LogP contribution >= 0.6 is 0 Å². The van der Waals surface area contributed by atoms with Crippen molar-refractivity contribution in [2.45, 2.75) is 27.2 Å². The molecule has 88 valence electrons. The van der Waals surface area contributed by atoms with E-state index in [1.807, 2.05) is 19.9 Å². The van der Waals surface area contributed by atoms with Gasteiger partial charge in [-0.2, -0.15) is 14.9 Å². The SMILES string of the molecule is CC/C(C#N)=C(/C)c1cccc(C)c1.O=C=O. The quantitative estimate of drug-likeness (QED) is 0.732. The monoisotopic (exact) mass is 229 g/mol. The van der Waals surface area contributed by atoms with Crippen LogP contribution in [-0.2, 0) is 9.59 Å². The lowest BCUT2D eigenvalue weighted by atomic mass is 9.99. The van der Waals surface area contributed by atoms with Gasteiger partial charge < -0.3 is 0 Å². The Morgan fingerprint density at radius 1 is 1.35 bits per heavy atom. The van der Waals surface area contributed by atoms with Gasteiger partial charge in [0.25, 0.3) is 0 Å². The summed E-state index contributed by atoms with van der Waals surface area (Å²) < 4.78 is 0. The van der Waals surface area contributed by atoms with Gasteiger partial charge in [0, 0.05) is 5.57 Å². The molecule has 0 radical (unpaired) electrons. The Kier molecular flexibility index (Phi) is 7.01. The number of nitriles is 1. The van der Waals surface area contributed by atoms with Crippen LogP contribution in [0.25, 0.3) is 5.57 Å². The first kappa shape index (κ1) is 14.8. The number of benzene rings is 1. The van der Waals surface area contributed by atoms with Crippen LogP contribution < -0.4 is 0 Å². The largest absolute Gasteiger partial charge is 0.373 e. The molecule has 0 aliphatic carbocycles. The molecule has 0 unspecified atom stereocenters. The van der Waals surface area contributed by atoms with Crippen molar-refractivity contribution in [3.8, 4) is 6.07 Å². The minimum Gasteiger partial charge on any atom is -0.193 e. The molecular formula is C14H15NO2. The standard InChI is InChI=1S/C13H15N.CO2/c1-4-12(9-14)11(3)13-7-5-6-10(2)8-13;2-1-3/h5-8H,4H2,1-3H3;/b12-11+;. The second-order valence-corrected chi connectivity index (χ2v) is 3.52. The molecule has 0 aliphatic heterocycles. The second-order valence-electron chi connectivity index (χ2n) is 3.52. The van der Waals surface area contributed by atoms with Gasteiger partial charge in [-0.1, -0.05) is 36.8 Å². The predicted octanol–water partition coefficient (Wildman–Crippen LogP) is 3.12. The normalized spacial score (nSPS) is 10.2. The lowest BCUT2D eigenvalue weighted by Gasteiger charge is -2.04. The molecule has 0 heterocycles. The molecule has 0 spiro atoms. The van der Waals surface area contributed by atoms with E-state index in [0.717, 1.165) is 23.1 Å². The van der Waals surface area contributed by atoms with Crippen molar-refractivity contribution in [2.24, 2.45) is 0 Å². The van der Waals surface area contributed by atoms with Gasteiger partial charge in [-0.3, -0.25) is 0 Å². The first-order chi connectivity index (χ1) is 8.10. The summed E-state index contributed by atoms with van der Waals surface area (Å²) in [5, 5.41) is 8.92.